The van der Waals surface area contributed by atoms with Crippen LogP contribution in [0.1, 0.15) is 23.1 Å². The number of sulfonamides is 1. The van der Waals surface area contributed by atoms with Crippen LogP contribution in [0.3, 0.4) is 0 Å². The lowest BCUT2D eigenvalue weighted by Crippen LogP contribution is -2.42. The van der Waals surface area contributed by atoms with E-state index in [0.29, 0.717) is 5.02 Å². The minimum atomic E-state index is -4.03. The number of rotatable bonds is 7. The Morgan fingerprint density at radius 2 is 1.94 bits per heavy atom. The van der Waals surface area contributed by atoms with Crippen molar-refractivity contribution in [2.24, 2.45) is 0 Å². The predicted octanol–water partition coefficient (Wildman–Crippen LogP) is 1.94. The molecule has 1 fully saturated rings. The van der Waals surface area contributed by atoms with Gasteiger partial charge in [0.2, 0.25) is 10.0 Å². The molecule has 0 bridgehead atoms. The summed E-state index contributed by atoms with van der Waals surface area (Å²) in [5.74, 6) is -1.42. The molecule has 1 aliphatic rings. The molecule has 8 nitrogen and oxygen atoms in total. The first kappa shape index (κ1) is 24.2. The molecule has 1 unspecified atom stereocenters. The van der Waals surface area contributed by atoms with Crippen LogP contribution < -0.4 is 5.32 Å². The molecule has 2 atom stereocenters. The van der Waals surface area contributed by atoms with Gasteiger partial charge >= 0.3 is 5.97 Å². The van der Waals surface area contributed by atoms with Gasteiger partial charge in [-0.25, -0.2) is 8.42 Å². The first-order valence-electron chi connectivity index (χ1n) is 10.0. The summed E-state index contributed by atoms with van der Waals surface area (Å²) in [6.45, 7) is 3.07. The molecule has 0 spiro atoms. The normalized spacial score (nSPS) is 19.0. The highest BCUT2D eigenvalue weighted by atomic mass is 35.5. The average molecular weight is 481 g/mol. The fraction of sp³-hybridized carbons (Fsp3) is 0.364. The fourth-order valence-corrected chi connectivity index (χ4v) is 5.33. The lowest BCUT2D eigenvalue weighted by Gasteiger charge is -2.22. The Kier molecular flexibility index (Phi) is 7.55. The summed E-state index contributed by atoms with van der Waals surface area (Å²) in [7, 11) is -4.03. The summed E-state index contributed by atoms with van der Waals surface area (Å²) < 4.78 is 32.2. The third-order valence-electron chi connectivity index (χ3n) is 5.31. The van der Waals surface area contributed by atoms with Gasteiger partial charge in [-0.3, -0.25) is 9.59 Å². The number of aryl methyl sites for hydroxylation is 2. The van der Waals surface area contributed by atoms with E-state index < -0.39 is 40.7 Å². The zero-order valence-electron chi connectivity index (χ0n) is 17.7. The largest absolute Gasteiger partial charge is 0.454 e. The number of nitrogens with one attached hydrogen (secondary N) is 1. The molecule has 172 valence electrons. The van der Waals surface area contributed by atoms with E-state index in [1.807, 2.05) is 6.92 Å². The number of hydrogen-bond acceptors (Lipinski definition) is 6. The highest BCUT2D eigenvalue weighted by Gasteiger charge is 2.44. The summed E-state index contributed by atoms with van der Waals surface area (Å²) >= 11 is 5.90. The van der Waals surface area contributed by atoms with Gasteiger partial charge < -0.3 is 15.2 Å². The second kappa shape index (κ2) is 9.99. The number of esters is 1. The van der Waals surface area contributed by atoms with Crippen molar-refractivity contribution in [1.82, 2.24) is 9.62 Å². The van der Waals surface area contributed by atoms with Gasteiger partial charge in [-0.15, -0.1) is 0 Å². The molecule has 1 amide bonds. The number of carbonyl (C=O) groups excluding carboxylic acids is 2. The molecule has 1 heterocycles. The number of β-amino-alcohol motifs (C(OH)–C–C–N with tert-alkyl or cyclic N) is 1. The van der Waals surface area contributed by atoms with E-state index in [2.05, 4.69) is 5.32 Å². The summed E-state index contributed by atoms with van der Waals surface area (Å²) in [5, 5.41) is 13.2. The molecule has 0 radical (unpaired) electrons. The SMILES string of the molecule is Cc1ccc(S(=O)(=O)N2CC(O)C[C@H]2C(=O)OCC(=O)NCc2cccc(Cl)c2)cc1C. The predicted molar refractivity (Wildman–Crippen MR) is 118 cm³/mol. The van der Waals surface area contributed by atoms with Crippen molar-refractivity contribution in [2.75, 3.05) is 13.2 Å². The van der Waals surface area contributed by atoms with Crippen LogP contribution in [0.5, 0.6) is 0 Å². The third-order valence-corrected chi connectivity index (χ3v) is 7.42. The highest BCUT2D eigenvalue weighted by Crippen LogP contribution is 2.28. The van der Waals surface area contributed by atoms with Crippen LogP contribution >= 0.6 is 11.6 Å². The van der Waals surface area contributed by atoms with Gasteiger partial charge in [-0.1, -0.05) is 29.8 Å². The van der Waals surface area contributed by atoms with Crippen molar-refractivity contribution < 1.29 is 27.9 Å². The lowest BCUT2D eigenvalue weighted by molar-refractivity contribution is -0.151. The molecule has 3 rings (SSSR count). The van der Waals surface area contributed by atoms with Crippen LogP contribution in [0.2, 0.25) is 5.02 Å². The Morgan fingerprint density at radius 1 is 1.19 bits per heavy atom. The van der Waals surface area contributed by atoms with E-state index >= 15 is 0 Å². The van der Waals surface area contributed by atoms with E-state index in [1.54, 1.807) is 37.3 Å². The molecule has 2 aromatic rings. The Bertz CT molecular complexity index is 1120. The van der Waals surface area contributed by atoms with Crippen LogP contribution in [-0.4, -0.2) is 55.0 Å². The van der Waals surface area contributed by atoms with Crippen LogP contribution in [0.4, 0.5) is 0 Å². The van der Waals surface area contributed by atoms with E-state index in [0.717, 1.165) is 21.0 Å². The maximum absolute atomic E-state index is 13.1. The standard InChI is InChI=1S/C22H25ClN2O6S/c1-14-6-7-19(8-15(14)2)32(29,30)25-12-18(26)10-20(25)22(28)31-13-21(27)24-11-16-4-3-5-17(23)9-16/h3-9,18,20,26H,10-13H2,1-2H3,(H,24,27)/t18?,20-/m0/s1. The van der Waals surface area contributed by atoms with Crippen LogP contribution in [0.25, 0.3) is 0 Å². The molecule has 10 heteroatoms. The third kappa shape index (κ3) is 5.66. The highest BCUT2D eigenvalue weighted by molar-refractivity contribution is 7.89. The Hall–Kier alpha value is -2.46. The maximum atomic E-state index is 13.1. The minimum Gasteiger partial charge on any atom is -0.454 e. The molecule has 1 aliphatic heterocycles. The zero-order valence-corrected chi connectivity index (χ0v) is 19.3. The van der Waals surface area contributed by atoms with E-state index in [1.165, 1.54) is 12.1 Å². The smallest absolute Gasteiger partial charge is 0.325 e. The van der Waals surface area contributed by atoms with Crippen molar-refractivity contribution in [3.63, 3.8) is 0 Å². The number of carbonyl (C=O) groups is 2. The van der Waals surface area contributed by atoms with E-state index in [-0.39, 0.29) is 24.4 Å². The van der Waals surface area contributed by atoms with Crippen molar-refractivity contribution in [1.29, 1.82) is 0 Å². The van der Waals surface area contributed by atoms with E-state index in [9.17, 15) is 23.1 Å². The minimum absolute atomic E-state index is 0.0340. The number of aliphatic hydroxyl groups is 1. The summed E-state index contributed by atoms with van der Waals surface area (Å²) in [6.07, 6.45) is -1.11. The Labute approximate surface area is 192 Å². The fourth-order valence-electron chi connectivity index (χ4n) is 3.41. The van der Waals surface area contributed by atoms with Crippen LogP contribution in [0.15, 0.2) is 47.4 Å². The second-order valence-corrected chi connectivity index (χ2v) is 10.1. The van der Waals surface area contributed by atoms with Gasteiger partial charge in [0, 0.05) is 24.5 Å². The number of nitrogens with zero attached hydrogens (tertiary/aromatic N) is 1. The first-order chi connectivity index (χ1) is 15.1. The van der Waals surface area contributed by atoms with Gasteiger partial charge in [-0.2, -0.15) is 4.31 Å². The molecule has 2 N–H and O–H groups in total. The van der Waals surface area contributed by atoms with Crippen molar-refractivity contribution in [3.8, 4) is 0 Å². The van der Waals surface area contributed by atoms with Crippen molar-refractivity contribution >= 4 is 33.5 Å². The molecule has 32 heavy (non-hydrogen) atoms. The van der Waals surface area contributed by atoms with Crippen LogP contribution in [0, 0.1) is 13.8 Å². The van der Waals surface area contributed by atoms with Gasteiger partial charge in [0.05, 0.1) is 11.0 Å². The second-order valence-electron chi connectivity index (χ2n) is 7.74. The molecular weight excluding hydrogens is 456 g/mol. The molecule has 0 aromatic heterocycles. The van der Waals surface area contributed by atoms with Gasteiger partial charge in [0.1, 0.15) is 6.04 Å². The number of halogens is 1. The lowest BCUT2D eigenvalue weighted by atomic mass is 10.1. The molecule has 1 saturated heterocycles. The Morgan fingerprint density at radius 3 is 2.62 bits per heavy atom. The van der Waals surface area contributed by atoms with Gasteiger partial charge in [0.15, 0.2) is 6.61 Å². The summed E-state index contributed by atoms with van der Waals surface area (Å²) in [4.78, 5) is 24.7. The number of benzene rings is 2. The van der Waals surface area contributed by atoms with Crippen LogP contribution in [-0.2, 0) is 30.9 Å². The molecular formula is C22H25ClN2O6S. The average Bonchev–Trinajstić information content (AvgIpc) is 3.15. The molecule has 2 aromatic carbocycles. The number of aliphatic hydroxyl groups excluding tert-OH is 1. The monoisotopic (exact) mass is 480 g/mol. The van der Waals surface area contributed by atoms with Gasteiger partial charge in [0.25, 0.3) is 5.91 Å². The Balaban J connectivity index is 1.63. The summed E-state index contributed by atoms with van der Waals surface area (Å²) in [6, 6.07) is 10.4. The van der Waals surface area contributed by atoms with Crippen molar-refractivity contribution in [2.45, 2.75) is 43.9 Å². The molecule has 0 aliphatic carbocycles. The first-order valence-corrected chi connectivity index (χ1v) is 11.8. The topological polar surface area (TPSA) is 113 Å². The van der Waals surface area contributed by atoms with Crippen molar-refractivity contribution in [3.05, 3.63) is 64.2 Å². The van der Waals surface area contributed by atoms with E-state index in [4.69, 9.17) is 16.3 Å². The summed E-state index contributed by atoms with van der Waals surface area (Å²) in [5.41, 5.74) is 2.51. The number of hydrogen-bond donors (Lipinski definition) is 2. The number of amides is 1. The molecule has 0 saturated carbocycles. The quantitative estimate of drug-likeness (QED) is 0.585. The zero-order chi connectivity index (χ0) is 23.5. The number of ether oxygens (including phenoxy) is 1. The maximum Gasteiger partial charge on any atom is 0.325 e. The van der Waals surface area contributed by atoms with Gasteiger partial charge in [-0.05, 0) is 54.8 Å².